The number of halogens is 2. The predicted octanol–water partition coefficient (Wildman–Crippen LogP) is 5.50. The number of carbonyl (C=O) groups excluding carboxylic acids is 1. The molecule has 26 heavy (non-hydrogen) atoms. The van der Waals surface area contributed by atoms with E-state index in [2.05, 4.69) is 31.4 Å². The maximum atomic E-state index is 12.2. The lowest BCUT2D eigenvalue weighted by atomic mass is 10.1. The van der Waals surface area contributed by atoms with Gasteiger partial charge in [0.2, 0.25) is 11.8 Å². The number of amides is 1. The average molecular weight is 453 g/mol. The van der Waals surface area contributed by atoms with Crippen LogP contribution in [0.15, 0.2) is 50.5 Å². The SMILES string of the molecule is Cc1cc(Br)c(NC(=O)CSc2nnc(-c3ccccc3Cl)o2)cc1C. The smallest absolute Gasteiger partial charge is 0.277 e. The Hall–Kier alpha value is -1.83. The van der Waals surface area contributed by atoms with E-state index in [1.807, 2.05) is 38.1 Å². The molecule has 0 bridgehead atoms. The third-order valence-corrected chi connectivity index (χ3v) is 5.50. The largest absolute Gasteiger partial charge is 0.411 e. The Bertz CT molecular complexity index is 961. The van der Waals surface area contributed by atoms with Crippen LogP contribution in [-0.4, -0.2) is 21.9 Å². The molecule has 0 aliphatic rings. The molecule has 1 amide bonds. The number of nitrogens with zero attached hydrogens (tertiary/aromatic N) is 2. The summed E-state index contributed by atoms with van der Waals surface area (Å²) in [6.07, 6.45) is 0. The third kappa shape index (κ3) is 4.47. The van der Waals surface area contributed by atoms with E-state index in [4.69, 9.17) is 16.0 Å². The van der Waals surface area contributed by atoms with E-state index in [1.54, 1.807) is 12.1 Å². The van der Waals surface area contributed by atoms with E-state index >= 15 is 0 Å². The number of benzene rings is 2. The van der Waals surface area contributed by atoms with Crippen LogP contribution in [0.4, 0.5) is 5.69 Å². The number of aryl methyl sites for hydroxylation is 2. The molecule has 0 atom stereocenters. The van der Waals surface area contributed by atoms with Gasteiger partial charge in [0.15, 0.2) is 0 Å². The van der Waals surface area contributed by atoms with E-state index < -0.39 is 0 Å². The van der Waals surface area contributed by atoms with Crippen molar-refractivity contribution < 1.29 is 9.21 Å². The van der Waals surface area contributed by atoms with Crippen molar-refractivity contribution in [3.8, 4) is 11.5 Å². The van der Waals surface area contributed by atoms with Gasteiger partial charge in [0.05, 0.1) is 22.0 Å². The van der Waals surface area contributed by atoms with Crippen molar-refractivity contribution in [2.24, 2.45) is 0 Å². The molecule has 2 aromatic carbocycles. The number of thioether (sulfide) groups is 1. The Kier molecular flexibility index (Phi) is 6.01. The minimum Gasteiger partial charge on any atom is -0.411 e. The lowest BCUT2D eigenvalue weighted by Crippen LogP contribution is -2.14. The summed E-state index contributed by atoms with van der Waals surface area (Å²) in [5.74, 6) is 0.329. The quantitative estimate of drug-likeness (QED) is 0.518. The van der Waals surface area contributed by atoms with Crippen LogP contribution < -0.4 is 5.32 Å². The van der Waals surface area contributed by atoms with Crippen LogP contribution in [0.3, 0.4) is 0 Å². The monoisotopic (exact) mass is 451 g/mol. The molecule has 1 heterocycles. The Morgan fingerprint density at radius 3 is 2.73 bits per heavy atom. The van der Waals surface area contributed by atoms with Crippen molar-refractivity contribution in [1.29, 1.82) is 0 Å². The molecule has 8 heteroatoms. The summed E-state index contributed by atoms with van der Waals surface area (Å²) < 4.78 is 6.42. The van der Waals surface area contributed by atoms with Gasteiger partial charge in [-0.05, 0) is 65.2 Å². The number of nitrogens with one attached hydrogen (secondary N) is 1. The van der Waals surface area contributed by atoms with Crippen molar-refractivity contribution in [1.82, 2.24) is 10.2 Å². The van der Waals surface area contributed by atoms with Gasteiger partial charge in [-0.2, -0.15) is 0 Å². The number of aromatic nitrogens is 2. The van der Waals surface area contributed by atoms with Crippen LogP contribution in [0.25, 0.3) is 11.5 Å². The van der Waals surface area contributed by atoms with Gasteiger partial charge in [0, 0.05) is 4.47 Å². The first-order valence-corrected chi connectivity index (χ1v) is 9.87. The maximum Gasteiger partial charge on any atom is 0.277 e. The lowest BCUT2D eigenvalue weighted by Gasteiger charge is -2.09. The number of hydrogen-bond acceptors (Lipinski definition) is 5. The van der Waals surface area contributed by atoms with E-state index in [0.717, 1.165) is 21.3 Å². The zero-order valence-corrected chi connectivity index (χ0v) is 17.2. The van der Waals surface area contributed by atoms with Crippen molar-refractivity contribution in [3.05, 3.63) is 57.0 Å². The first-order chi connectivity index (χ1) is 12.4. The minimum absolute atomic E-state index is 0.156. The van der Waals surface area contributed by atoms with Gasteiger partial charge in [-0.1, -0.05) is 35.5 Å². The summed E-state index contributed by atoms with van der Waals surface area (Å²) in [6.45, 7) is 4.02. The molecular formula is C18H15BrClN3O2S. The zero-order chi connectivity index (χ0) is 18.7. The zero-order valence-electron chi connectivity index (χ0n) is 14.0. The van der Waals surface area contributed by atoms with Gasteiger partial charge in [-0.15, -0.1) is 10.2 Å². The van der Waals surface area contributed by atoms with Gasteiger partial charge in [0.1, 0.15) is 0 Å². The fourth-order valence-corrected chi connectivity index (χ4v) is 3.54. The summed E-state index contributed by atoms with van der Waals surface area (Å²) in [6, 6.07) is 11.1. The topological polar surface area (TPSA) is 68.0 Å². The van der Waals surface area contributed by atoms with Crippen molar-refractivity contribution in [2.75, 3.05) is 11.1 Å². The Morgan fingerprint density at radius 1 is 1.23 bits per heavy atom. The fraction of sp³-hybridized carbons (Fsp3) is 0.167. The van der Waals surface area contributed by atoms with Crippen molar-refractivity contribution in [3.63, 3.8) is 0 Å². The second-order valence-corrected chi connectivity index (χ2v) is 7.79. The molecule has 0 radical (unpaired) electrons. The molecule has 3 rings (SSSR count). The highest BCUT2D eigenvalue weighted by Crippen LogP contribution is 2.29. The normalized spacial score (nSPS) is 10.8. The molecule has 0 aliphatic heterocycles. The van der Waals surface area contributed by atoms with Crippen LogP contribution in [0.2, 0.25) is 5.02 Å². The fourth-order valence-electron chi connectivity index (χ4n) is 2.20. The summed E-state index contributed by atoms with van der Waals surface area (Å²) in [4.78, 5) is 12.2. The maximum absolute atomic E-state index is 12.2. The van der Waals surface area contributed by atoms with E-state index in [0.29, 0.717) is 21.7 Å². The molecule has 0 saturated carbocycles. The Morgan fingerprint density at radius 2 is 1.96 bits per heavy atom. The van der Waals surface area contributed by atoms with Gasteiger partial charge in [-0.25, -0.2) is 0 Å². The van der Waals surface area contributed by atoms with Crippen LogP contribution in [0.1, 0.15) is 11.1 Å². The molecule has 5 nitrogen and oxygen atoms in total. The molecule has 1 N–H and O–H groups in total. The molecule has 0 saturated heterocycles. The van der Waals surface area contributed by atoms with Gasteiger partial charge >= 0.3 is 0 Å². The summed E-state index contributed by atoms with van der Waals surface area (Å²) in [7, 11) is 0. The molecular weight excluding hydrogens is 438 g/mol. The molecule has 1 aromatic heterocycles. The lowest BCUT2D eigenvalue weighted by molar-refractivity contribution is -0.113. The van der Waals surface area contributed by atoms with Gasteiger partial charge in [-0.3, -0.25) is 4.79 Å². The molecule has 3 aromatic rings. The first kappa shape index (κ1) is 18.9. The highest BCUT2D eigenvalue weighted by atomic mass is 79.9. The molecule has 134 valence electrons. The number of hydrogen-bond donors (Lipinski definition) is 1. The van der Waals surface area contributed by atoms with Crippen LogP contribution in [0, 0.1) is 13.8 Å². The summed E-state index contributed by atoms with van der Waals surface area (Å²) >= 11 is 10.8. The molecule has 0 fully saturated rings. The minimum atomic E-state index is -0.156. The highest BCUT2D eigenvalue weighted by molar-refractivity contribution is 9.10. The van der Waals surface area contributed by atoms with Crippen molar-refractivity contribution >= 4 is 50.9 Å². The standard InChI is InChI=1S/C18H15BrClN3O2S/c1-10-7-13(19)15(8-11(10)2)21-16(24)9-26-18-23-22-17(25-18)12-5-3-4-6-14(12)20/h3-8H,9H2,1-2H3,(H,21,24). The number of carbonyl (C=O) groups is 1. The number of rotatable bonds is 5. The second-order valence-electron chi connectivity index (χ2n) is 5.61. The van der Waals surface area contributed by atoms with E-state index in [9.17, 15) is 4.79 Å². The molecule has 0 aliphatic carbocycles. The average Bonchev–Trinajstić information content (AvgIpc) is 3.07. The first-order valence-electron chi connectivity index (χ1n) is 7.72. The van der Waals surface area contributed by atoms with Gasteiger partial charge < -0.3 is 9.73 Å². The van der Waals surface area contributed by atoms with E-state index in [-0.39, 0.29) is 11.7 Å². The third-order valence-electron chi connectivity index (χ3n) is 3.69. The van der Waals surface area contributed by atoms with Gasteiger partial charge in [0.25, 0.3) is 5.22 Å². The van der Waals surface area contributed by atoms with E-state index in [1.165, 1.54) is 11.8 Å². The van der Waals surface area contributed by atoms with Crippen LogP contribution in [-0.2, 0) is 4.79 Å². The van der Waals surface area contributed by atoms with Crippen LogP contribution in [0.5, 0.6) is 0 Å². The molecule has 0 unspecified atom stereocenters. The number of anilines is 1. The van der Waals surface area contributed by atoms with Crippen molar-refractivity contribution in [2.45, 2.75) is 19.1 Å². The Balaban J connectivity index is 1.62. The second kappa shape index (κ2) is 8.24. The molecule has 0 spiro atoms. The highest BCUT2D eigenvalue weighted by Gasteiger charge is 2.14. The van der Waals surface area contributed by atoms with Crippen LogP contribution >= 0.6 is 39.3 Å². The Labute approximate surface area is 168 Å². The predicted molar refractivity (Wildman–Crippen MR) is 108 cm³/mol. The summed E-state index contributed by atoms with van der Waals surface area (Å²) in [5, 5.41) is 11.7. The summed E-state index contributed by atoms with van der Waals surface area (Å²) in [5.41, 5.74) is 3.66.